The molecule has 55 heavy (non-hydrogen) atoms. The Balaban J connectivity index is 2.28. The number of allylic oxidation sites excluding steroid dienone is 8. The second-order valence-corrected chi connectivity index (χ2v) is 15.1. The molecule has 0 spiro atoms. The number of esters is 1. The Morgan fingerprint density at radius 1 is 0.582 bits per heavy atom. The number of unbranched alkanes of at least 4 members (excludes halogenated alkanes) is 18. The van der Waals surface area contributed by atoms with Crippen molar-refractivity contribution in [3.63, 3.8) is 0 Å². The summed E-state index contributed by atoms with van der Waals surface area (Å²) in [4.78, 5) is 12.8. The van der Waals surface area contributed by atoms with Gasteiger partial charge in [0, 0.05) is 13.0 Å². The maximum atomic E-state index is 12.8. The number of hydrogen-bond donors (Lipinski definition) is 4. The molecule has 0 aromatic carbocycles. The molecule has 6 unspecified atom stereocenters. The molecule has 1 saturated heterocycles. The summed E-state index contributed by atoms with van der Waals surface area (Å²) in [7, 11) is 0. The zero-order chi connectivity index (χ0) is 40.0. The molecule has 1 aliphatic heterocycles. The third-order valence-corrected chi connectivity index (χ3v) is 9.97. The van der Waals surface area contributed by atoms with Crippen molar-refractivity contribution >= 4 is 5.97 Å². The van der Waals surface area contributed by atoms with Crippen LogP contribution in [0.2, 0.25) is 0 Å². The minimum Gasteiger partial charge on any atom is -0.457 e. The van der Waals surface area contributed by atoms with Crippen LogP contribution >= 0.6 is 0 Å². The van der Waals surface area contributed by atoms with Crippen molar-refractivity contribution in [1.29, 1.82) is 0 Å². The summed E-state index contributed by atoms with van der Waals surface area (Å²) in [5, 5.41) is 40.1. The van der Waals surface area contributed by atoms with Gasteiger partial charge < -0.3 is 39.4 Å². The molecular weight excluding hydrogens is 696 g/mol. The Morgan fingerprint density at radius 3 is 1.60 bits per heavy atom. The first-order valence-corrected chi connectivity index (χ1v) is 22.2. The topological polar surface area (TPSA) is 135 Å². The predicted molar refractivity (Wildman–Crippen MR) is 224 cm³/mol. The summed E-state index contributed by atoms with van der Waals surface area (Å²) in [6.07, 6.45) is 38.4. The first kappa shape index (κ1) is 51.2. The van der Waals surface area contributed by atoms with E-state index in [1.807, 2.05) is 0 Å². The average Bonchev–Trinajstić information content (AvgIpc) is 3.18. The number of aliphatic hydroxyl groups excluding tert-OH is 4. The molecule has 9 heteroatoms. The van der Waals surface area contributed by atoms with Crippen molar-refractivity contribution in [3.8, 4) is 0 Å². The first-order chi connectivity index (χ1) is 26.9. The average molecular weight is 779 g/mol. The molecule has 0 amide bonds. The van der Waals surface area contributed by atoms with Crippen LogP contribution < -0.4 is 0 Å². The molecule has 1 fully saturated rings. The Kier molecular flexibility index (Phi) is 35.1. The zero-order valence-electron chi connectivity index (χ0n) is 34.9. The Labute approximate surface area is 335 Å². The molecule has 0 bridgehead atoms. The van der Waals surface area contributed by atoms with E-state index >= 15 is 0 Å². The van der Waals surface area contributed by atoms with Gasteiger partial charge in [-0.25, -0.2) is 0 Å². The first-order valence-electron chi connectivity index (χ1n) is 22.2. The van der Waals surface area contributed by atoms with Crippen LogP contribution in [0.3, 0.4) is 0 Å². The number of ether oxygens (including phenoxy) is 4. The van der Waals surface area contributed by atoms with Gasteiger partial charge in [-0.3, -0.25) is 4.79 Å². The lowest BCUT2D eigenvalue weighted by Crippen LogP contribution is -2.59. The molecule has 9 nitrogen and oxygen atoms in total. The molecular formula is C46H82O9. The number of aliphatic hydroxyl groups is 4. The summed E-state index contributed by atoms with van der Waals surface area (Å²) < 4.78 is 22.8. The Hall–Kier alpha value is -1.85. The lowest BCUT2D eigenvalue weighted by molar-refractivity contribution is -0.305. The van der Waals surface area contributed by atoms with Gasteiger partial charge in [0.05, 0.1) is 19.8 Å². The number of carbonyl (C=O) groups excluding carboxylic acids is 1. The van der Waals surface area contributed by atoms with Crippen molar-refractivity contribution in [2.45, 2.75) is 211 Å². The van der Waals surface area contributed by atoms with E-state index in [4.69, 9.17) is 18.9 Å². The Morgan fingerprint density at radius 2 is 1.05 bits per heavy atom. The predicted octanol–water partition coefficient (Wildman–Crippen LogP) is 9.75. The van der Waals surface area contributed by atoms with Gasteiger partial charge in [-0.1, -0.05) is 140 Å². The van der Waals surface area contributed by atoms with Crippen LogP contribution in [0.1, 0.15) is 174 Å². The summed E-state index contributed by atoms with van der Waals surface area (Å²) in [6, 6.07) is 0. The normalized spacial score (nSPS) is 21.2. The van der Waals surface area contributed by atoms with E-state index in [2.05, 4.69) is 62.5 Å². The van der Waals surface area contributed by atoms with Crippen molar-refractivity contribution in [1.82, 2.24) is 0 Å². The van der Waals surface area contributed by atoms with E-state index in [1.165, 1.54) is 83.5 Å². The molecule has 0 saturated carbocycles. The highest BCUT2D eigenvalue weighted by atomic mass is 16.7. The van der Waals surface area contributed by atoms with Crippen molar-refractivity contribution in [2.75, 3.05) is 26.4 Å². The van der Waals surface area contributed by atoms with Crippen molar-refractivity contribution in [3.05, 3.63) is 48.6 Å². The molecule has 1 heterocycles. The molecule has 0 aliphatic carbocycles. The van der Waals surface area contributed by atoms with Crippen LogP contribution in [-0.2, 0) is 23.7 Å². The van der Waals surface area contributed by atoms with E-state index in [0.29, 0.717) is 13.0 Å². The largest absolute Gasteiger partial charge is 0.457 e. The van der Waals surface area contributed by atoms with Crippen LogP contribution in [0.25, 0.3) is 0 Å². The highest BCUT2D eigenvalue weighted by Gasteiger charge is 2.44. The van der Waals surface area contributed by atoms with Crippen LogP contribution in [0.15, 0.2) is 48.6 Å². The van der Waals surface area contributed by atoms with Crippen molar-refractivity contribution < 1.29 is 44.2 Å². The standard InChI is InChI=1S/C46H82O9/c1-3-5-7-9-11-13-15-17-18-19-20-21-22-23-25-27-29-31-33-35-42(48)54-40(39-53-46-45(51)44(50)43(49)41(37-47)55-46)38-52-36-34-32-30-28-26-24-16-14-12-10-8-6-4-2/h11-14,17-18,20-21,40-41,43-47,49-51H,3-10,15-16,19,22-39H2,1-2H3/b13-11-,14-12-,18-17-,21-20-. The summed E-state index contributed by atoms with van der Waals surface area (Å²) >= 11 is 0. The maximum Gasteiger partial charge on any atom is 0.306 e. The van der Waals surface area contributed by atoms with Crippen molar-refractivity contribution in [2.24, 2.45) is 0 Å². The fraction of sp³-hybridized carbons (Fsp3) is 0.804. The Bertz CT molecular complexity index is 978. The van der Waals surface area contributed by atoms with E-state index in [9.17, 15) is 25.2 Å². The SMILES string of the molecule is CCCCC/C=C\C/C=C\C/C=C\CCCCCCCCC(=O)OC(COCCCCCCCC/C=C\CCCCC)COC1OC(CO)C(O)C(O)C1O. The fourth-order valence-corrected chi connectivity index (χ4v) is 6.43. The third kappa shape index (κ3) is 29.1. The lowest BCUT2D eigenvalue weighted by atomic mass is 9.99. The summed E-state index contributed by atoms with van der Waals surface area (Å²) in [6.45, 7) is 4.47. The van der Waals surface area contributed by atoms with Gasteiger partial charge in [-0.05, 0) is 77.0 Å². The fourth-order valence-electron chi connectivity index (χ4n) is 6.43. The molecule has 0 aromatic heterocycles. The minimum atomic E-state index is -1.54. The van der Waals surface area contributed by atoms with Gasteiger partial charge in [0.25, 0.3) is 0 Å². The second kappa shape index (κ2) is 37.7. The number of carbonyl (C=O) groups is 1. The lowest BCUT2D eigenvalue weighted by Gasteiger charge is -2.39. The monoisotopic (exact) mass is 779 g/mol. The second-order valence-electron chi connectivity index (χ2n) is 15.1. The van der Waals surface area contributed by atoms with Crippen LogP contribution in [-0.4, -0.2) is 89.6 Å². The van der Waals surface area contributed by atoms with Gasteiger partial charge in [-0.2, -0.15) is 0 Å². The molecule has 6 atom stereocenters. The summed E-state index contributed by atoms with van der Waals surface area (Å²) in [5.41, 5.74) is 0. The van der Waals surface area contributed by atoms with Crippen LogP contribution in [0.5, 0.6) is 0 Å². The van der Waals surface area contributed by atoms with E-state index in [-0.39, 0.29) is 19.2 Å². The summed E-state index contributed by atoms with van der Waals surface area (Å²) in [5.74, 6) is -0.330. The third-order valence-electron chi connectivity index (χ3n) is 9.97. The quantitative estimate of drug-likeness (QED) is 0.0276. The van der Waals surface area contributed by atoms with E-state index in [0.717, 1.165) is 70.6 Å². The smallest absolute Gasteiger partial charge is 0.306 e. The highest BCUT2D eigenvalue weighted by molar-refractivity contribution is 5.69. The van der Waals surface area contributed by atoms with Gasteiger partial charge in [0.15, 0.2) is 6.29 Å². The van der Waals surface area contributed by atoms with Gasteiger partial charge in [0.2, 0.25) is 0 Å². The van der Waals surface area contributed by atoms with Crippen LogP contribution in [0.4, 0.5) is 0 Å². The van der Waals surface area contributed by atoms with E-state index in [1.54, 1.807) is 0 Å². The van der Waals surface area contributed by atoms with Gasteiger partial charge in [-0.15, -0.1) is 0 Å². The molecule has 4 N–H and O–H groups in total. The molecule has 0 radical (unpaired) electrons. The van der Waals surface area contributed by atoms with Gasteiger partial charge >= 0.3 is 5.97 Å². The molecule has 0 aromatic rings. The molecule has 320 valence electrons. The van der Waals surface area contributed by atoms with Gasteiger partial charge in [0.1, 0.15) is 30.5 Å². The highest BCUT2D eigenvalue weighted by Crippen LogP contribution is 2.22. The molecule has 1 rings (SSSR count). The van der Waals surface area contributed by atoms with E-state index < -0.39 is 43.4 Å². The zero-order valence-corrected chi connectivity index (χ0v) is 34.9. The molecule has 1 aliphatic rings. The maximum absolute atomic E-state index is 12.8. The number of hydrogen-bond acceptors (Lipinski definition) is 9. The number of rotatable bonds is 37. The van der Waals surface area contributed by atoms with Crippen LogP contribution in [0, 0.1) is 0 Å². The minimum absolute atomic E-state index is 0.122.